The Balaban J connectivity index is 3.20. The first-order chi connectivity index (χ1) is 3.85. The van der Waals surface area contributed by atoms with Crippen LogP contribution in [0.4, 0.5) is 0 Å². The van der Waals surface area contributed by atoms with Crippen LogP contribution in [0.2, 0.25) is 0 Å². The Morgan fingerprint density at radius 3 is 2.12 bits per heavy atom. The standard InChI is InChI=1S/C7H14O/c1-4-7(5-2)8-6-3/h6-7H,3-5H2,1-2H3. The molecule has 0 atom stereocenters. The van der Waals surface area contributed by atoms with Crippen LogP contribution in [0.3, 0.4) is 0 Å². The zero-order chi connectivity index (χ0) is 6.41. The third-order valence-electron chi connectivity index (χ3n) is 1.20. The summed E-state index contributed by atoms with van der Waals surface area (Å²) in [6.45, 7) is 7.69. The summed E-state index contributed by atoms with van der Waals surface area (Å²) < 4.78 is 5.10. The Morgan fingerprint density at radius 2 is 2.00 bits per heavy atom. The van der Waals surface area contributed by atoms with E-state index in [4.69, 9.17) is 4.74 Å². The second kappa shape index (κ2) is 4.69. The molecule has 0 aromatic carbocycles. The summed E-state index contributed by atoms with van der Waals surface area (Å²) >= 11 is 0. The first kappa shape index (κ1) is 7.54. The number of ether oxygens (including phenoxy) is 1. The summed E-state index contributed by atoms with van der Waals surface area (Å²) in [5.41, 5.74) is 0. The minimum atomic E-state index is 0.382. The Kier molecular flexibility index (Phi) is 4.42. The van der Waals surface area contributed by atoms with E-state index in [9.17, 15) is 0 Å². The second-order valence-electron chi connectivity index (χ2n) is 1.74. The molecule has 0 heterocycles. The van der Waals surface area contributed by atoms with Crippen molar-refractivity contribution in [2.24, 2.45) is 0 Å². The van der Waals surface area contributed by atoms with Gasteiger partial charge in [0.1, 0.15) is 0 Å². The van der Waals surface area contributed by atoms with Crippen molar-refractivity contribution in [1.29, 1.82) is 0 Å². The van der Waals surface area contributed by atoms with Crippen LogP contribution in [0.25, 0.3) is 0 Å². The summed E-state index contributed by atoms with van der Waals surface area (Å²) in [5.74, 6) is 0. The molecule has 0 bridgehead atoms. The normalized spacial score (nSPS) is 9.38. The highest BCUT2D eigenvalue weighted by atomic mass is 16.5. The molecule has 8 heavy (non-hydrogen) atoms. The molecule has 0 N–H and O–H groups in total. The maximum atomic E-state index is 5.10. The summed E-state index contributed by atoms with van der Waals surface area (Å²) in [6.07, 6.45) is 4.04. The Bertz CT molecular complexity index is 55.4. The predicted molar refractivity (Wildman–Crippen MR) is 35.7 cm³/mol. The van der Waals surface area contributed by atoms with Crippen LogP contribution in [0.15, 0.2) is 12.8 Å². The molecule has 0 aliphatic carbocycles. The van der Waals surface area contributed by atoms with E-state index in [-0.39, 0.29) is 0 Å². The zero-order valence-electron chi connectivity index (χ0n) is 5.68. The van der Waals surface area contributed by atoms with Gasteiger partial charge in [-0.15, -0.1) is 0 Å². The van der Waals surface area contributed by atoms with Crippen molar-refractivity contribution in [3.63, 3.8) is 0 Å². The van der Waals surface area contributed by atoms with Crippen LogP contribution in [0.1, 0.15) is 26.7 Å². The monoisotopic (exact) mass is 114 g/mol. The highest BCUT2D eigenvalue weighted by Gasteiger charge is 1.97. The molecule has 0 saturated carbocycles. The third kappa shape index (κ3) is 2.67. The lowest BCUT2D eigenvalue weighted by atomic mass is 10.2. The summed E-state index contributed by atoms with van der Waals surface area (Å²) in [7, 11) is 0. The van der Waals surface area contributed by atoms with Gasteiger partial charge in [0, 0.05) is 0 Å². The van der Waals surface area contributed by atoms with Gasteiger partial charge in [0.25, 0.3) is 0 Å². The van der Waals surface area contributed by atoms with E-state index in [0.29, 0.717) is 6.10 Å². The molecule has 0 unspecified atom stereocenters. The number of rotatable bonds is 4. The van der Waals surface area contributed by atoms with Crippen molar-refractivity contribution in [1.82, 2.24) is 0 Å². The van der Waals surface area contributed by atoms with Gasteiger partial charge in [-0.2, -0.15) is 0 Å². The molecule has 0 rings (SSSR count). The van der Waals surface area contributed by atoms with E-state index in [1.807, 2.05) is 0 Å². The van der Waals surface area contributed by atoms with E-state index >= 15 is 0 Å². The fraction of sp³-hybridized carbons (Fsp3) is 0.714. The molecule has 0 aromatic rings. The quantitative estimate of drug-likeness (QED) is 0.510. The van der Waals surface area contributed by atoms with Crippen molar-refractivity contribution < 1.29 is 4.74 Å². The molecule has 0 aromatic heterocycles. The number of hydrogen-bond donors (Lipinski definition) is 0. The topological polar surface area (TPSA) is 9.23 Å². The van der Waals surface area contributed by atoms with Crippen LogP contribution >= 0.6 is 0 Å². The zero-order valence-corrected chi connectivity index (χ0v) is 5.68. The Morgan fingerprint density at radius 1 is 1.50 bits per heavy atom. The largest absolute Gasteiger partial charge is 0.499 e. The molecule has 0 amide bonds. The summed E-state index contributed by atoms with van der Waals surface area (Å²) in [6, 6.07) is 0. The van der Waals surface area contributed by atoms with Gasteiger partial charge < -0.3 is 4.74 Å². The van der Waals surface area contributed by atoms with Crippen molar-refractivity contribution in [2.75, 3.05) is 0 Å². The lowest BCUT2D eigenvalue weighted by Gasteiger charge is -2.09. The van der Waals surface area contributed by atoms with Gasteiger partial charge in [-0.3, -0.25) is 0 Å². The van der Waals surface area contributed by atoms with Gasteiger partial charge in [0.2, 0.25) is 0 Å². The van der Waals surface area contributed by atoms with Crippen LogP contribution in [-0.2, 0) is 4.74 Å². The maximum absolute atomic E-state index is 5.10. The van der Waals surface area contributed by atoms with Crippen LogP contribution in [0, 0.1) is 0 Å². The van der Waals surface area contributed by atoms with E-state index in [1.165, 1.54) is 6.26 Å². The van der Waals surface area contributed by atoms with Gasteiger partial charge in [-0.1, -0.05) is 20.4 Å². The molecule has 0 aliphatic rings. The molecule has 1 heteroatoms. The first-order valence-electron chi connectivity index (χ1n) is 3.11. The van der Waals surface area contributed by atoms with E-state index in [1.54, 1.807) is 0 Å². The second-order valence-corrected chi connectivity index (χ2v) is 1.74. The van der Waals surface area contributed by atoms with Crippen LogP contribution < -0.4 is 0 Å². The van der Waals surface area contributed by atoms with Crippen molar-refractivity contribution in [2.45, 2.75) is 32.8 Å². The molecule has 0 spiro atoms. The van der Waals surface area contributed by atoms with Gasteiger partial charge in [0.15, 0.2) is 0 Å². The van der Waals surface area contributed by atoms with E-state index < -0.39 is 0 Å². The van der Waals surface area contributed by atoms with Crippen molar-refractivity contribution in [3.8, 4) is 0 Å². The van der Waals surface area contributed by atoms with Crippen LogP contribution in [0.5, 0.6) is 0 Å². The first-order valence-corrected chi connectivity index (χ1v) is 3.11. The average molecular weight is 114 g/mol. The molecule has 0 saturated heterocycles. The summed E-state index contributed by atoms with van der Waals surface area (Å²) in [4.78, 5) is 0. The fourth-order valence-electron chi connectivity index (χ4n) is 0.617. The van der Waals surface area contributed by atoms with Gasteiger partial charge in [-0.05, 0) is 12.8 Å². The highest BCUT2D eigenvalue weighted by molar-refractivity contribution is 4.57. The lowest BCUT2D eigenvalue weighted by Crippen LogP contribution is -2.04. The molecule has 0 radical (unpaired) electrons. The summed E-state index contributed by atoms with van der Waals surface area (Å²) in [5, 5.41) is 0. The van der Waals surface area contributed by atoms with Gasteiger partial charge >= 0.3 is 0 Å². The average Bonchev–Trinajstić information content (AvgIpc) is 1.83. The minimum absolute atomic E-state index is 0.382. The van der Waals surface area contributed by atoms with E-state index in [2.05, 4.69) is 20.4 Å². The van der Waals surface area contributed by atoms with Gasteiger partial charge in [0.05, 0.1) is 12.4 Å². The van der Waals surface area contributed by atoms with Crippen molar-refractivity contribution in [3.05, 3.63) is 12.8 Å². The van der Waals surface area contributed by atoms with Gasteiger partial charge in [-0.25, -0.2) is 0 Å². The highest BCUT2D eigenvalue weighted by Crippen LogP contribution is 2.01. The van der Waals surface area contributed by atoms with E-state index in [0.717, 1.165) is 12.8 Å². The third-order valence-corrected chi connectivity index (χ3v) is 1.20. The smallest absolute Gasteiger partial charge is 0.0972 e. The Labute approximate surface area is 51.4 Å². The predicted octanol–water partition coefficient (Wildman–Crippen LogP) is 2.34. The molecule has 48 valence electrons. The maximum Gasteiger partial charge on any atom is 0.0972 e. The lowest BCUT2D eigenvalue weighted by molar-refractivity contribution is 0.137. The van der Waals surface area contributed by atoms with Crippen molar-refractivity contribution >= 4 is 0 Å². The molecular weight excluding hydrogens is 100 g/mol. The number of hydrogen-bond acceptors (Lipinski definition) is 1. The minimum Gasteiger partial charge on any atom is -0.499 e. The molecule has 0 aliphatic heterocycles. The van der Waals surface area contributed by atoms with Crippen LogP contribution in [-0.4, -0.2) is 6.10 Å². The SMILES string of the molecule is C=COC(CC)CC. The molecule has 0 fully saturated rings. The molecular formula is C7H14O. The fourth-order valence-corrected chi connectivity index (χ4v) is 0.617. The Hall–Kier alpha value is -0.460. The molecule has 1 nitrogen and oxygen atoms in total.